The summed E-state index contributed by atoms with van der Waals surface area (Å²) < 4.78 is 0.970. The van der Waals surface area contributed by atoms with Crippen molar-refractivity contribution in [2.75, 3.05) is 12.4 Å². The quantitative estimate of drug-likeness (QED) is 0.586. The van der Waals surface area contributed by atoms with Crippen LogP contribution in [0.2, 0.25) is 0 Å². The molecule has 0 aliphatic rings. The van der Waals surface area contributed by atoms with Crippen molar-refractivity contribution in [1.29, 1.82) is 0 Å². The smallest absolute Gasteiger partial charge is 0.251 e. The third kappa shape index (κ3) is 4.99. The molecule has 1 N–H and O–H groups in total. The first kappa shape index (κ1) is 15.5. The highest BCUT2D eigenvalue weighted by molar-refractivity contribution is 9.10. The van der Waals surface area contributed by atoms with Crippen LogP contribution < -0.4 is 5.32 Å². The fourth-order valence-electron chi connectivity index (χ4n) is 1.72. The van der Waals surface area contributed by atoms with Gasteiger partial charge in [0.15, 0.2) is 0 Å². The Bertz CT molecular complexity index is 395. The molecule has 0 bridgehead atoms. The number of benzene rings is 1. The average Bonchev–Trinajstić information content (AvgIpc) is 2.36. The number of nitrogens with one attached hydrogen (secondary N) is 1. The summed E-state index contributed by atoms with van der Waals surface area (Å²) in [5.74, 6) is 0.731. The van der Waals surface area contributed by atoms with E-state index in [0.717, 1.165) is 53.7 Å². The topological polar surface area (TPSA) is 29.1 Å². The van der Waals surface area contributed by atoms with Gasteiger partial charge in [-0.05, 0) is 37.5 Å². The van der Waals surface area contributed by atoms with E-state index in [1.807, 2.05) is 25.1 Å². The Hall–Kier alpha value is -0.540. The lowest BCUT2D eigenvalue weighted by molar-refractivity contribution is 0.0952. The van der Waals surface area contributed by atoms with Crippen LogP contribution in [0.25, 0.3) is 0 Å². The fourth-order valence-corrected chi connectivity index (χ4v) is 2.28. The van der Waals surface area contributed by atoms with Crippen molar-refractivity contribution in [3.63, 3.8) is 0 Å². The minimum atomic E-state index is 0.00569. The van der Waals surface area contributed by atoms with Crippen LogP contribution in [0.3, 0.4) is 0 Å². The molecule has 1 aromatic carbocycles. The van der Waals surface area contributed by atoms with Gasteiger partial charge in [-0.25, -0.2) is 0 Å². The van der Waals surface area contributed by atoms with Crippen molar-refractivity contribution in [3.8, 4) is 0 Å². The highest BCUT2D eigenvalue weighted by Gasteiger charge is 2.09. The normalized spacial score (nSPS) is 10.4. The van der Waals surface area contributed by atoms with Gasteiger partial charge < -0.3 is 5.32 Å². The van der Waals surface area contributed by atoms with E-state index in [-0.39, 0.29) is 5.91 Å². The standard InChI is InChI=1S/C14H19BrClNO/c1-11-12(7-6-8-13(11)15)14(18)17-10-5-3-2-4-9-16/h6-8H,2-5,9-10H2,1H3,(H,17,18). The number of halogens is 2. The minimum absolute atomic E-state index is 0.00569. The maximum Gasteiger partial charge on any atom is 0.251 e. The van der Waals surface area contributed by atoms with Gasteiger partial charge in [-0.2, -0.15) is 0 Å². The molecule has 0 aromatic heterocycles. The predicted molar refractivity (Wildman–Crippen MR) is 80.4 cm³/mol. The Morgan fingerprint density at radius 3 is 2.72 bits per heavy atom. The second kappa shape index (κ2) is 8.54. The lowest BCUT2D eigenvalue weighted by Crippen LogP contribution is -2.25. The van der Waals surface area contributed by atoms with Gasteiger partial charge in [-0.3, -0.25) is 4.79 Å². The molecular weight excluding hydrogens is 314 g/mol. The minimum Gasteiger partial charge on any atom is -0.352 e. The molecule has 0 fully saturated rings. The van der Waals surface area contributed by atoms with Gasteiger partial charge in [-0.1, -0.05) is 34.8 Å². The molecule has 0 aliphatic heterocycles. The van der Waals surface area contributed by atoms with E-state index in [1.54, 1.807) is 0 Å². The summed E-state index contributed by atoms with van der Waals surface area (Å²) in [4.78, 5) is 12.0. The monoisotopic (exact) mass is 331 g/mol. The summed E-state index contributed by atoms with van der Waals surface area (Å²) in [6.07, 6.45) is 4.32. The van der Waals surface area contributed by atoms with Crippen molar-refractivity contribution < 1.29 is 4.79 Å². The second-order valence-corrected chi connectivity index (χ2v) is 5.50. The van der Waals surface area contributed by atoms with Crippen LogP contribution in [-0.4, -0.2) is 18.3 Å². The van der Waals surface area contributed by atoms with E-state index in [0.29, 0.717) is 0 Å². The maximum atomic E-state index is 12.0. The van der Waals surface area contributed by atoms with E-state index in [2.05, 4.69) is 21.2 Å². The number of carbonyl (C=O) groups is 1. The molecule has 4 heteroatoms. The SMILES string of the molecule is Cc1c(Br)cccc1C(=O)NCCCCCCCl. The van der Waals surface area contributed by atoms with Crippen molar-refractivity contribution in [3.05, 3.63) is 33.8 Å². The maximum absolute atomic E-state index is 12.0. The van der Waals surface area contributed by atoms with Crippen LogP contribution in [0.5, 0.6) is 0 Å². The van der Waals surface area contributed by atoms with E-state index in [9.17, 15) is 4.79 Å². The number of hydrogen-bond donors (Lipinski definition) is 1. The lowest BCUT2D eigenvalue weighted by Gasteiger charge is -2.08. The molecule has 1 rings (SSSR count). The molecule has 0 unspecified atom stereocenters. The zero-order valence-corrected chi connectivity index (χ0v) is 13.0. The summed E-state index contributed by atoms with van der Waals surface area (Å²) in [7, 11) is 0. The summed E-state index contributed by atoms with van der Waals surface area (Å²) in [5, 5.41) is 2.95. The van der Waals surface area contributed by atoms with E-state index < -0.39 is 0 Å². The molecule has 0 atom stereocenters. The van der Waals surface area contributed by atoms with Crippen LogP contribution in [0, 0.1) is 6.92 Å². The van der Waals surface area contributed by atoms with Crippen molar-refractivity contribution in [2.45, 2.75) is 32.6 Å². The first-order valence-corrected chi connectivity index (χ1v) is 7.59. The Kier molecular flexibility index (Phi) is 7.36. The van der Waals surface area contributed by atoms with Crippen LogP contribution in [-0.2, 0) is 0 Å². The third-order valence-electron chi connectivity index (χ3n) is 2.86. The number of carbonyl (C=O) groups excluding carboxylic acids is 1. The van der Waals surface area contributed by atoms with E-state index in [1.165, 1.54) is 0 Å². The van der Waals surface area contributed by atoms with Crippen LogP contribution in [0.15, 0.2) is 22.7 Å². The predicted octanol–water partition coefficient (Wildman–Crippen LogP) is 4.29. The molecule has 0 saturated carbocycles. The van der Waals surface area contributed by atoms with E-state index >= 15 is 0 Å². The Labute approximate surface area is 122 Å². The molecule has 100 valence electrons. The molecule has 18 heavy (non-hydrogen) atoms. The molecule has 0 radical (unpaired) electrons. The number of unbranched alkanes of at least 4 members (excludes halogenated alkanes) is 3. The zero-order chi connectivity index (χ0) is 13.4. The van der Waals surface area contributed by atoms with Gasteiger partial charge in [0.25, 0.3) is 5.91 Å². The molecule has 0 spiro atoms. The van der Waals surface area contributed by atoms with Crippen LogP contribution >= 0.6 is 27.5 Å². The molecule has 2 nitrogen and oxygen atoms in total. The molecule has 0 aliphatic carbocycles. The highest BCUT2D eigenvalue weighted by atomic mass is 79.9. The van der Waals surface area contributed by atoms with Crippen molar-refractivity contribution in [2.24, 2.45) is 0 Å². The van der Waals surface area contributed by atoms with Gasteiger partial charge in [0, 0.05) is 22.5 Å². The Morgan fingerprint density at radius 2 is 2.00 bits per heavy atom. The number of rotatable bonds is 7. The van der Waals surface area contributed by atoms with Crippen molar-refractivity contribution in [1.82, 2.24) is 5.32 Å². The Morgan fingerprint density at radius 1 is 1.28 bits per heavy atom. The number of amides is 1. The Balaban J connectivity index is 2.35. The number of hydrogen-bond acceptors (Lipinski definition) is 1. The summed E-state index contributed by atoms with van der Waals surface area (Å²) in [5.41, 5.74) is 1.72. The molecular formula is C14H19BrClNO. The third-order valence-corrected chi connectivity index (χ3v) is 3.98. The molecule has 0 heterocycles. The zero-order valence-electron chi connectivity index (χ0n) is 10.6. The molecule has 1 amide bonds. The van der Waals surface area contributed by atoms with Gasteiger partial charge in [0.05, 0.1) is 0 Å². The summed E-state index contributed by atoms with van der Waals surface area (Å²) in [6, 6.07) is 5.67. The highest BCUT2D eigenvalue weighted by Crippen LogP contribution is 2.19. The molecule has 0 saturated heterocycles. The first-order valence-electron chi connectivity index (χ1n) is 6.26. The average molecular weight is 333 g/mol. The van der Waals surface area contributed by atoms with Gasteiger partial charge in [-0.15, -0.1) is 11.6 Å². The largest absolute Gasteiger partial charge is 0.352 e. The fraction of sp³-hybridized carbons (Fsp3) is 0.500. The lowest BCUT2D eigenvalue weighted by atomic mass is 10.1. The van der Waals surface area contributed by atoms with Crippen molar-refractivity contribution >= 4 is 33.4 Å². The van der Waals surface area contributed by atoms with E-state index in [4.69, 9.17) is 11.6 Å². The van der Waals surface area contributed by atoms with Gasteiger partial charge in [0.2, 0.25) is 0 Å². The van der Waals surface area contributed by atoms with Crippen LogP contribution in [0.4, 0.5) is 0 Å². The molecule has 1 aromatic rings. The van der Waals surface area contributed by atoms with Crippen LogP contribution in [0.1, 0.15) is 41.6 Å². The summed E-state index contributed by atoms with van der Waals surface area (Å²) >= 11 is 9.04. The summed E-state index contributed by atoms with van der Waals surface area (Å²) in [6.45, 7) is 2.67. The second-order valence-electron chi connectivity index (χ2n) is 4.27. The number of alkyl halides is 1. The van der Waals surface area contributed by atoms with Gasteiger partial charge in [0.1, 0.15) is 0 Å². The first-order chi connectivity index (χ1) is 8.66. The van der Waals surface area contributed by atoms with Gasteiger partial charge >= 0.3 is 0 Å².